The molecular formula is C28H35N. The van der Waals surface area contributed by atoms with E-state index in [4.69, 9.17) is 0 Å². The molecule has 4 rings (SSSR count). The lowest BCUT2D eigenvalue weighted by Gasteiger charge is -2.36. The molecule has 1 nitrogen and oxygen atoms in total. The molecule has 1 N–H and O–H groups in total. The zero-order valence-corrected chi connectivity index (χ0v) is 18.1. The van der Waals surface area contributed by atoms with Crippen LogP contribution in [0.15, 0.2) is 77.9 Å². The highest BCUT2D eigenvalue weighted by atomic mass is 15.0. The second kappa shape index (κ2) is 9.03. The Bertz CT molecular complexity index is 862. The number of fused-ring (bicyclic) bond motifs is 1. The summed E-state index contributed by atoms with van der Waals surface area (Å²) in [5.41, 5.74) is 7.56. The van der Waals surface area contributed by atoms with E-state index in [0.29, 0.717) is 5.92 Å². The third kappa shape index (κ3) is 3.92. The highest BCUT2D eigenvalue weighted by molar-refractivity contribution is 5.85. The van der Waals surface area contributed by atoms with Crippen LogP contribution in [0, 0.1) is 5.92 Å². The smallest absolute Gasteiger partial charge is 0.0665 e. The second-order valence-electron chi connectivity index (χ2n) is 8.74. The minimum absolute atomic E-state index is 0.0666. The van der Waals surface area contributed by atoms with Gasteiger partial charge in [-0.1, -0.05) is 87.7 Å². The maximum atomic E-state index is 4.06. The van der Waals surface area contributed by atoms with Crippen molar-refractivity contribution in [2.24, 2.45) is 5.92 Å². The van der Waals surface area contributed by atoms with E-state index in [1.54, 1.807) is 16.7 Å². The summed E-state index contributed by atoms with van der Waals surface area (Å²) in [6.45, 7) is 4.60. The molecule has 1 heteroatoms. The summed E-state index contributed by atoms with van der Waals surface area (Å²) in [5, 5.41) is 4.06. The molecular weight excluding hydrogens is 350 g/mol. The van der Waals surface area contributed by atoms with Gasteiger partial charge in [0.2, 0.25) is 0 Å². The summed E-state index contributed by atoms with van der Waals surface area (Å²) >= 11 is 0. The molecule has 1 saturated carbocycles. The van der Waals surface area contributed by atoms with Crippen molar-refractivity contribution < 1.29 is 0 Å². The number of nitrogens with one attached hydrogen (secondary N) is 1. The quantitative estimate of drug-likeness (QED) is 0.485. The monoisotopic (exact) mass is 385 g/mol. The predicted molar refractivity (Wildman–Crippen MR) is 126 cm³/mol. The van der Waals surface area contributed by atoms with E-state index >= 15 is 0 Å². The van der Waals surface area contributed by atoms with Gasteiger partial charge >= 0.3 is 0 Å². The number of anilines is 1. The maximum Gasteiger partial charge on any atom is 0.0665 e. The Kier molecular flexibility index (Phi) is 6.23. The van der Waals surface area contributed by atoms with E-state index in [2.05, 4.69) is 85.9 Å². The fourth-order valence-corrected chi connectivity index (χ4v) is 5.60. The van der Waals surface area contributed by atoms with E-state index in [9.17, 15) is 0 Å². The fraction of sp³-hybridized carbons (Fsp3) is 0.429. The molecule has 29 heavy (non-hydrogen) atoms. The lowest BCUT2D eigenvalue weighted by molar-refractivity contribution is 0.457. The van der Waals surface area contributed by atoms with Crippen molar-refractivity contribution in [1.29, 1.82) is 0 Å². The van der Waals surface area contributed by atoms with E-state index < -0.39 is 0 Å². The number of allylic oxidation sites excluding steroid dienone is 3. The minimum atomic E-state index is 0.0666. The van der Waals surface area contributed by atoms with Gasteiger partial charge < -0.3 is 5.32 Å². The van der Waals surface area contributed by atoms with Crippen LogP contribution in [0.4, 0.5) is 5.69 Å². The lowest BCUT2D eigenvalue weighted by atomic mass is 9.80. The summed E-state index contributed by atoms with van der Waals surface area (Å²) in [6.07, 6.45) is 12.4. The Morgan fingerprint density at radius 1 is 1.00 bits per heavy atom. The molecule has 0 amide bonds. The third-order valence-electron chi connectivity index (χ3n) is 6.81. The van der Waals surface area contributed by atoms with Crippen molar-refractivity contribution in [3.8, 4) is 0 Å². The van der Waals surface area contributed by atoms with Crippen LogP contribution < -0.4 is 5.32 Å². The van der Waals surface area contributed by atoms with Crippen LogP contribution >= 0.6 is 0 Å². The Morgan fingerprint density at radius 2 is 1.72 bits per heavy atom. The molecule has 0 aromatic heterocycles. The van der Waals surface area contributed by atoms with Crippen molar-refractivity contribution in [2.75, 3.05) is 5.32 Å². The molecule has 1 fully saturated rings. The Balaban J connectivity index is 1.86. The first kappa shape index (κ1) is 20.0. The van der Waals surface area contributed by atoms with Gasteiger partial charge in [0.05, 0.1) is 5.54 Å². The summed E-state index contributed by atoms with van der Waals surface area (Å²) in [6, 6.07) is 22.1. The van der Waals surface area contributed by atoms with Gasteiger partial charge in [-0.15, -0.1) is 0 Å². The minimum Gasteiger partial charge on any atom is -0.375 e. The average molecular weight is 386 g/mol. The highest BCUT2D eigenvalue weighted by Gasteiger charge is 2.51. The van der Waals surface area contributed by atoms with Crippen molar-refractivity contribution in [1.82, 2.24) is 0 Å². The van der Waals surface area contributed by atoms with Crippen molar-refractivity contribution in [3.63, 3.8) is 0 Å². The molecule has 0 heterocycles. The molecule has 0 bridgehead atoms. The van der Waals surface area contributed by atoms with Crippen LogP contribution in [0.3, 0.4) is 0 Å². The molecule has 0 spiro atoms. The second-order valence-corrected chi connectivity index (χ2v) is 8.74. The van der Waals surface area contributed by atoms with Crippen LogP contribution in [0.25, 0.3) is 5.57 Å². The molecule has 0 aliphatic heterocycles. The average Bonchev–Trinajstić information content (AvgIpc) is 3.28. The Hall–Kier alpha value is -2.28. The number of rotatable bonds is 8. The standard InChI is InChI=1S/C28H35N/c1-3-5-14-22(13-4-2)26-21-24-17-12-20-28(24,29-25-18-10-7-11-19-25)27(26)23-15-8-6-9-16-23/h6-11,14-16,18-19,24,29H,3-5,12-13,17,20-21H2,1-2H3/t24-,28+/m1/s1. The van der Waals surface area contributed by atoms with E-state index in [0.717, 1.165) is 0 Å². The maximum absolute atomic E-state index is 4.06. The first-order chi connectivity index (χ1) is 14.3. The fourth-order valence-electron chi connectivity index (χ4n) is 5.60. The summed E-state index contributed by atoms with van der Waals surface area (Å²) in [4.78, 5) is 0. The Morgan fingerprint density at radius 3 is 2.41 bits per heavy atom. The molecule has 0 unspecified atom stereocenters. The van der Waals surface area contributed by atoms with E-state index in [1.807, 2.05) is 0 Å². The third-order valence-corrected chi connectivity index (χ3v) is 6.81. The molecule has 2 aliphatic rings. The van der Waals surface area contributed by atoms with Crippen LogP contribution in [-0.4, -0.2) is 5.54 Å². The number of unbranched alkanes of at least 4 members (excludes halogenated alkanes) is 1. The summed E-state index contributed by atoms with van der Waals surface area (Å²) in [5.74, 6) is 0.690. The molecule has 2 atom stereocenters. The molecule has 0 saturated heterocycles. The Labute approximate surface area is 176 Å². The zero-order valence-electron chi connectivity index (χ0n) is 18.1. The van der Waals surface area contributed by atoms with Gasteiger partial charge in [0, 0.05) is 5.69 Å². The van der Waals surface area contributed by atoms with Crippen molar-refractivity contribution >= 4 is 11.3 Å². The van der Waals surface area contributed by atoms with E-state index in [1.165, 1.54) is 62.6 Å². The van der Waals surface area contributed by atoms with Gasteiger partial charge in [-0.3, -0.25) is 0 Å². The largest absolute Gasteiger partial charge is 0.375 e. The molecule has 0 radical (unpaired) electrons. The summed E-state index contributed by atoms with van der Waals surface area (Å²) < 4.78 is 0. The van der Waals surface area contributed by atoms with Gasteiger partial charge in [-0.2, -0.15) is 0 Å². The SMILES string of the molecule is CCCC=C(CCC)C1=C(c2ccccc2)[C@]2(Nc3ccccc3)CCC[C@@H]2C1. The van der Waals surface area contributed by atoms with E-state index in [-0.39, 0.29) is 5.54 Å². The predicted octanol–water partition coefficient (Wildman–Crippen LogP) is 8.02. The van der Waals surface area contributed by atoms with Crippen LogP contribution in [-0.2, 0) is 0 Å². The normalized spacial score (nSPS) is 24.1. The zero-order chi connectivity index (χ0) is 20.1. The topological polar surface area (TPSA) is 12.0 Å². The number of hydrogen-bond acceptors (Lipinski definition) is 1. The van der Waals surface area contributed by atoms with Crippen LogP contribution in [0.1, 0.15) is 70.8 Å². The number of para-hydroxylation sites is 1. The molecule has 2 aliphatic carbocycles. The van der Waals surface area contributed by atoms with Gasteiger partial charge in [-0.25, -0.2) is 0 Å². The number of benzene rings is 2. The molecule has 152 valence electrons. The van der Waals surface area contributed by atoms with Gasteiger partial charge in [0.25, 0.3) is 0 Å². The van der Waals surface area contributed by atoms with Crippen LogP contribution in [0.5, 0.6) is 0 Å². The first-order valence-corrected chi connectivity index (χ1v) is 11.6. The van der Waals surface area contributed by atoms with Crippen molar-refractivity contribution in [3.05, 3.63) is 83.4 Å². The van der Waals surface area contributed by atoms with Gasteiger partial charge in [-0.05, 0) is 72.4 Å². The molecule has 2 aromatic carbocycles. The number of hydrogen-bond donors (Lipinski definition) is 1. The van der Waals surface area contributed by atoms with Crippen molar-refractivity contribution in [2.45, 2.75) is 70.8 Å². The highest BCUT2D eigenvalue weighted by Crippen LogP contribution is 2.57. The summed E-state index contributed by atoms with van der Waals surface area (Å²) in [7, 11) is 0. The van der Waals surface area contributed by atoms with Gasteiger partial charge in [0.1, 0.15) is 0 Å². The first-order valence-electron chi connectivity index (χ1n) is 11.6. The van der Waals surface area contributed by atoms with Gasteiger partial charge in [0.15, 0.2) is 0 Å². The van der Waals surface area contributed by atoms with Crippen LogP contribution in [0.2, 0.25) is 0 Å². The lowest BCUT2D eigenvalue weighted by Crippen LogP contribution is -2.40. The molecule has 2 aromatic rings.